The van der Waals surface area contributed by atoms with Crippen LogP contribution in [-0.4, -0.2) is 21.0 Å². The third-order valence-corrected chi connectivity index (χ3v) is 2.33. The van der Waals surface area contributed by atoms with Gasteiger partial charge in [0.05, 0.1) is 4.92 Å². The molecule has 1 N–H and O–H groups in total. The fraction of sp³-hybridized carbons (Fsp3) is 0.0909. The standard InChI is InChI=1S/C11H10N4O3/c1-14-5-4-11(13-14)12-9-3-2-8(7-16)6-10(9)15(17)18/h2-7H,1H3,(H,12,13). The quantitative estimate of drug-likeness (QED) is 0.505. The molecule has 0 spiro atoms. The van der Waals surface area contributed by atoms with E-state index in [1.165, 1.54) is 18.2 Å². The minimum atomic E-state index is -0.543. The number of carbonyl (C=O) groups excluding carboxylic acids is 1. The lowest BCUT2D eigenvalue weighted by Gasteiger charge is -2.04. The maximum Gasteiger partial charge on any atom is 0.293 e. The third-order valence-electron chi connectivity index (χ3n) is 2.33. The van der Waals surface area contributed by atoms with Crippen LogP contribution in [0.1, 0.15) is 10.4 Å². The van der Waals surface area contributed by atoms with Crippen molar-refractivity contribution in [3.63, 3.8) is 0 Å². The Labute approximate surface area is 102 Å². The first-order valence-electron chi connectivity index (χ1n) is 5.10. The minimum Gasteiger partial charge on any atom is -0.333 e. The predicted molar refractivity (Wildman–Crippen MR) is 65.0 cm³/mol. The molecule has 7 nitrogen and oxygen atoms in total. The molecule has 0 unspecified atom stereocenters. The van der Waals surface area contributed by atoms with Gasteiger partial charge >= 0.3 is 0 Å². The smallest absolute Gasteiger partial charge is 0.293 e. The van der Waals surface area contributed by atoms with Crippen molar-refractivity contribution in [3.8, 4) is 0 Å². The second-order valence-electron chi connectivity index (χ2n) is 3.65. The summed E-state index contributed by atoms with van der Waals surface area (Å²) in [6.45, 7) is 0. The number of carbonyl (C=O) groups is 1. The number of nitro groups is 1. The zero-order valence-corrected chi connectivity index (χ0v) is 9.53. The van der Waals surface area contributed by atoms with E-state index in [-0.39, 0.29) is 11.3 Å². The molecule has 0 aliphatic carbocycles. The number of nitrogens with zero attached hydrogens (tertiary/aromatic N) is 3. The van der Waals surface area contributed by atoms with Crippen LogP contribution >= 0.6 is 0 Å². The third kappa shape index (κ3) is 2.34. The lowest BCUT2D eigenvalue weighted by Crippen LogP contribution is -1.99. The molecule has 0 saturated carbocycles. The topological polar surface area (TPSA) is 90.1 Å². The first-order valence-corrected chi connectivity index (χ1v) is 5.10. The average Bonchev–Trinajstić information content (AvgIpc) is 2.75. The molecule has 0 atom stereocenters. The summed E-state index contributed by atoms with van der Waals surface area (Å²) in [5.41, 5.74) is 0.392. The Balaban J connectivity index is 2.37. The van der Waals surface area contributed by atoms with Crippen LogP contribution in [0.5, 0.6) is 0 Å². The largest absolute Gasteiger partial charge is 0.333 e. The van der Waals surface area contributed by atoms with Crippen molar-refractivity contribution in [3.05, 3.63) is 46.1 Å². The molecule has 2 aromatic rings. The van der Waals surface area contributed by atoms with E-state index in [9.17, 15) is 14.9 Å². The number of nitro benzene ring substituents is 1. The van der Waals surface area contributed by atoms with Crippen molar-refractivity contribution in [2.45, 2.75) is 0 Å². The molecule has 0 bridgehead atoms. The number of hydrogen-bond donors (Lipinski definition) is 1. The second kappa shape index (κ2) is 4.66. The SMILES string of the molecule is Cn1ccc(Nc2ccc(C=O)cc2[N+](=O)[O-])n1. The summed E-state index contributed by atoms with van der Waals surface area (Å²) < 4.78 is 1.58. The van der Waals surface area contributed by atoms with Gasteiger partial charge in [-0.2, -0.15) is 5.10 Å². The second-order valence-corrected chi connectivity index (χ2v) is 3.65. The van der Waals surface area contributed by atoms with Crippen LogP contribution in [0.4, 0.5) is 17.2 Å². The Hall–Kier alpha value is -2.70. The number of rotatable bonds is 4. The van der Waals surface area contributed by atoms with Crippen LogP contribution in [0.15, 0.2) is 30.5 Å². The lowest BCUT2D eigenvalue weighted by atomic mass is 10.2. The van der Waals surface area contributed by atoms with E-state index in [0.717, 1.165) is 0 Å². The van der Waals surface area contributed by atoms with Gasteiger partial charge in [-0.15, -0.1) is 0 Å². The Morgan fingerprint density at radius 1 is 1.44 bits per heavy atom. The van der Waals surface area contributed by atoms with Crippen LogP contribution in [0.25, 0.3) is 0 Å². The molecular formula is C11H10N4O3. The summed E-state index contributed by atoms with van der Waals surface area (Å²) in [4.78, 5) is 21.0. The van der Waals surface area contributed by atoms with Crippen LogP contribution < -0.4 is 5.32 Å². The van der Waals surface area contributed by atoms with Crippen molar-refractivity contribution in [2.75, 3.05) is 5.32 Å². The Bertz CT molecular complexity index is 606. The summed E-state index contributed by atoms with van der Waals surface area (Å²) in [5, 5.41) is 17.8. The van der Waals surface area contributed by atoms with Crippen LogP contribution in [0.3, 0.4) is 0 Å². The zero-order chi connectivity index (χ0) is 13.1. The van der Waals surface area contributed by atoms with E-state index in [1.807, 2.05) is 0 Å². The van der Waals surface area contributed by atoms with Crippen molar-refractivity contribution >= 4 is 23.5 Å². The van der Waals surface area contributed by atoms with Gasteiger partial charge in [-0.25, -0.2) is 0 Å². The summed E-state index contributed by atoms with van der Waals surface area (Å²) in [7, 11) is 1.75. The average molecular weight is 246 g/mol. The van der Waals surface area contributed by atoms with Gasteiger partial charge in [-0.05, 0) is 12.1 Å². The molecular weight excluding hydrogens is 236 g/mol. The van der Waals surface area contributed by atoms with Gasteiger partial charge in [-0.1, -0.05) is 0 Å². The molecule has 0 radical (unpaired) electrons. The van der Waals surface area contributed by atoms with Crippen LogP contribution in [-0.2, 0) is 7.05 Å². The number of hydrogen-bond acceptors (Lipinski definition) is 5. The molecule has 7 heteroatoms. The highest BCUT2D eigenvalue weighted by atomic mass is 16.6. The zero-order valence-electron chi connectivity index (χ0n) is 9.53. The number of aromatic nitrogens is 2. The predicted octanol–water partition coefficient (Wildman–Crippen LogP) is 1.88. The molecule has 0 aliphatic rings. The van der Waals surface area contributed by atoms with Crippen LogP contribution in [0, 0.1) is 10.1 Å². The molecule has 1 aromatic carbocycles. The summed E-state index contributed by atoms with van der Waals surface area (Å²) >= 11 is 0. The highest BCUT2D eigenvalue weighted by molar-refractivity contribution is 5.80. The van der Waals surface area contributed by atoms with Crippen molar-refractivity contribution in [1.29, 1.82) is 0 Å². The lowest BCUT2D eigenvalue weighted by molar-refractivity contribution is -0.383. The van der Waals surface area contributed by atoms with Gasteiger partial charge in [0, 0.05) is 30.9 Å². The van der Waals surface area contributed by atoms with Crippen LogP contribution in [0.2, 0.25) is 0 Å². The molecule has 18 heavy (non-hydrogen) atoms. The number of benzene rings is 1. The summed E-state index contributed by atoms with van der Waals surface area (Å²) in [6.07, 6.45) is 2.28. The van der Waals surface area contributed by atoms with Gasteiger partial charge in [-0.3, -0.25) is 19.6 Å². The molecule has 0 fully saturated rings. The van der Waals surface area contributed by atoms with E-state index >= 15 is 0 Å². The number of aryl methyl sites for hydroxylation is 1. The first kappa shape index (κ1) is 11.8. The molecule has 2 rings (SSSR count). The first-order chi connectivity index (χ1) is 8.60. The maximum absolute atomic E-state index is 10.9. The maximum atomic E-state index is 10.9. The van der Waals surface area contributed by atoms with E-state index in [0.29, 0.717) is 17.8 Å². The Kier molecular flexibility index (Phi) is 3.05. The van der Waals surface area contributed by atoms with Crippen molar-refractivity contribution < 1.29 is 9.72 Å². The highest BCUT2D eigenvalue weighted by Gasteiger charge is 2.15. The van der Waals surface area contributed by atoms with Gasteiger partial charge in [0.25, 0.3) is 5.69 Å². The van der Waals surface area contributed by atoms with E-state index in [2.05, 4.69) is 10.4 Å². The highest BCUT2D eigenvalue weighted by Crippen LogP contribution is 2.27. The van der Waals surface area contributed by atoms with Gasteiger partial charge in [0.2, 0.25) is 0 Å². The summed E-state index contributed by atoms with van der Waals surface area (Å²) in [5.74, 6) is 0.499. The van der Waals surface area contributed by atoms with Crippen molar-refractivity contribution in [2.24, 2.45) is 7.05 Å². The summed E-state index contributed by atoms with van der Waals surface area (Å²) in [6, 6.07) is 5.90. The number of nitrogens with one attached hydrogen (secondary N) is 1. The molecule has 1 heterocycles. The normalized spacial score (nSPS) is 10.1. The Morgan fingerprint density at radius 2 is 2.22 bits per heavy atom. The number of aldehydes is 1. The Morgan fingerprint density at radius 3 is 2.78 bits per heavy atom. The van der Waals surface area contributed by atoms with Crippen molar-refractivity contribution in [1.82, 2.24) is 9.78 Å². The molecule has 0 saturated heterocycles. The fourth-order valence-electron chi connectivity index (χ4n) is 1.50. The van der Waals surface area contributed by atoms with E-state index in [1.54, 1.807) is 24.0 Å². The number of anilines is 2. The van der Waals surface area contributed by atoms with Gasteiger partial charge in [0.15, 0.2) is 5.82 Å². The molecule has 0 amide bonds. The molecule has 1 aromatic heterocycles. The van der Waals surface area contributed by atoms with Gasteiger partial charge < -0.3 is 5.32 Å². The fourth-order valence-corrected chi connectivity index (χ4v) is 1.50. The monoisotopic (exact) mass is 246 g/mol. The molecule has 0 aliphatic heterocycles. The minimum absolute atomic E-state index is 0.162. The van der Waals surface area contributed by atoms with E-state index in [4.69, 9.17) is 0 Å². The van der Waals surface area contributed by atoms with Gasteiger partial charge in [0.1, 0.15) is 12.0 Å². The molecule has 92 valence electrons. The van der Waals surface area contributed by atoms with E-state index < -0.39 is 4.92 Å².